The van der Waals surface area contributed by atoms with E-state index in [9.17, 15) is 18.8 Å². The van der Waals surface area contributed by atoms with Crippen LogP contribution in [0.5, 0.6) is 0 Å². The highest BCUT2D eigenvalue weighted by atomic mass is 79.9. The number of fused-ring (bicyclic) bond motifs is 3. The van der Waals surface area contributed by atoms with E-state index in [1.807, 2.05) is 0 Å². The summed E-state index contributed by atoms with van der Waals surface area (Å²) in [6.45, 7) is 5.05. The number of aldehydes is 1. The molecule has 0 saturated carbocycles. The molecule has 2 aliphatic rings. The van der Waals surface area contributed by atoms with Gasteiger partial charge < -0.3 is 19.7 Å². The van der Waals surface area contributed by atoms with Crippen molar-refractivity contribution in [3.05, 3.63) is 28.0 Å². The van der Waals surface area contributed by atoms with Crippen LogP contribution in [0.4, 0.5) is 14.9 Å². The molecule has 2 heterocycles. The number of carbonyl (C=O) groups is 3. The van der Waals surface area contributed by atoms with E-state index in [-0.39, 0.29) is 13.0 Å². The first-order valence-corrected chi connectivity index (χ1v) is 9.95. The minimum absolute atomic E-state index is 0.0183. The second-order valence-corrected chi connectivity index (χ2v) is 7.67. The lowest BCUT2D eigenvalue weighted by atomic mass is 9.71. The summed E-state index contributed by atoms with van der Waals surface area (Å²) < 4.78 is 20.5. The van der Waals surface area contributed by atoms with Gasteiger partial charge in [-0.3, -0.25) is 10.1 Å². The predicted molar refractivity (Wildman–Crippen MR) is 107 cm³/mol. The van der Waals surface area contributed by atoms with E-state index in [2.05, 4.69) is 40.4 Å². The first-order valence-electron chi connectivity index (χ1n) is 9.16. The average molecular weight is 458 g/mol. The topological polar surface area (TPSA) is 87.7 Å². The summed E-state index contributed by atoms with van der Waals surface area (Å²) in [7, 11) is 1.37. The van der Waals surface area contributed by atoms with Gasteiger partial charge in [-0.15, -0.1) is 0 Å². The van der Waals surface area contributed by atoms with Gasteiger partial charge in [0.2, 0.25) is 5.91 Å². The molecule has 3 amide bonds. The minimum Gasteiger partial charge on any atom is -0.377 e. The number of hydrogen-bond acceptors (Lipinski definition) is 5. The lowest BCUT2D eigenvalue weighted by Gasteiger charge is -2.49. The zero-order valence-electron chi connectivity index (χ0n) is 16.2. The molecule has 7 nitrogen and oxygen atoms in total. The van der Waals surface area contributed by atoms with Crippen LogP contribution in [0, 0.1) is 11.2 Å². The fourth-order valence-corrected chi connectivity index (χ4v) is 3.97. The van der Waals surface area contributed by atoms with Crippen LogP contribution >= 0.6 is 15.9 Å². The number of carbonyl (C=O) groups excluding carboxylic acids is 3. The number of amides is 3. The zero-order valence-corrected chi connectivity index (χ0v) is 17.8. The Morgan fingerprint density at radius 1 is 1.43 bits per heavy atom. The molecular weight excluding hydrogens is 433 g/mol. The van der Waals surface area contributed by atoms with Crippen LogP contribution in [0.25, 0.3) is 0 Å². The van der Waals surface area contributed by atoms with Gasteiger partial charge >= 0.3 is 6.03 Å². The molecule has 2 atom stereocenters. The van der Waals surface area contributed by atoms with Crippen molar-refractivity contribution in [3.8, 4) is 0 Å². The normalized spacial score (nSPS) is 22.8. The predicted octanol–water partition coefficient (Wildman–Crippen LogP) is 2.41. The smallest absolute Gasteiger partial charge is 0.321 e. The second-order valence-electron chi connectivity index (χ2n) is 6.75. The maximum atomic E-state index is 14.6. The number of halogens is 2. The lowest BCUT2D eigenvalue weighted by molar-refractivity contribution is -0.139. The maximum Gasteiger partial charge on any atom is 0.321 e. The third kappa shape index (κ3) is 4.20. The van der Waals surface area contributed by atoms with E-state index < -0.39 is 29.2 Å². The van der Waals surface area contributed by atoms with Gasteiger partial charge in [-0.2, -0.15) is 0 Å². The zero-order chi connectivity index (χ0) is 20.9. The van der Waals surface area contributed by atoms with Crippen molar-refractivity contribution in [2.75, 3.05) is 31.7 Å². The maximum absolute atomic E-state index is 14.6. The summed E-state index contributed by atoms with van der Waals surface area (Å²) in [5.41, 5.74) is -0.640. The van der Waals surface area contributed by atoms with Crippen LogP contribution in [-0.4, -0.2) is 51.1 Å². The Balaban J connectivity index is 0.000000878. The van der Waals surface area contributed by atoms with E-state index >= 15 is 0 Å². The molecule has 0 aromatic heterocycles. The molecule has 3 rings (SSSR count). The molecule has 1 aromatic carbocycles. The van der Waals surface area contributed by atoms with E-state index in [0.29, 0.717) is 35.2 Å². The number of anilines is 1. The second kappa shape index (κ2) is 9.47. The highest BCUT2D eigenvalue weighted by Crippen LogP contribution is 2.44. The van der Waals surface area contributed by atoms with Crippen LogP contribution in [0.3, 0.4) is 0 Å². The van der Waals surface area contributed by atoms with Crippen LogP contribution in [0.15, 0.2) is 16.6 Å². The van der Waals surface area contributed by atoms with E-state index in [4.69, 9.17) is 4.74 Å². The van der Waals surface area contributed by atoms with Crippen molar-refractivity contribution in [3.63, 3.8) is 0 Å². The van der Waals surface area contributed by atoms with Crippen LogP contribution in [0.2, 0.25) is 0 Å². The molecule has 1 aromatic rings. The Bertz CT molecular complexity index is 761. The number of nitrogens with one attached hydrogen (secondary N) is 2. The number of nitrogens with zero attached hydrogens (tertiary/aromatic N) is 1. The number of morpholine rings is 1. The highest BCUT2D eigenvalue weighted by molar-refractivity contribution is 9.10. The van der Waals surface area contributed by atoms with Crippen molar-refractivity contribution in [2.45, 2.75) is 32.7 Å². The Morgan fingerprint density at radius 2 is 2.11 bits per heavy atom. The van der Waals surface area contributed by atoms with Crippen molar-refractivity contribution in [1.82, 2.24) is 10.6 Å². The third-order valence-electron chi connectivity index (χ3n) is 4.69. The molecule has 154 valence electrons. The number of ether oxygens (including phenoxy) is 1. The molecule has 1 saturated heterocycles. The van der Waals surface area contributed by atoms with Crippen molar-refractivity contribution in [1.29, 1.82) is 0 Å². The molecule has 0 aliphatic carbocycles. The van der Waals surface area contributed by atoms with Crippen molar-refractivity contribution < 1.29 is 23.5 Å². The SMILES string of the molecule is CCC.CNC(=O)NC(=O)[C@]1(C=O)Cc2cc(Br)cc(F)c2N2CCOCC21. The van der Waals surface area contributed by atoms with Crippen molar-refractivity contribution in [2.24, 2.45) is 5.41 Å². The number of benzene rings is 1. The quantitative estimate of drug-likeness (QED) is 0.525. The summed E-state index contributed by atoms with van der Waals surface area (Å²) in [6, 6.07) is 1.65. The average Bonchev–Trinajstić information content (AvgIpc) is 2.67. The van der Waals surface area contributed by atoms with Crippen LogP contribution < -0.4 is 15.5 Å². The fraction of sp³-hybridized carbons (Fsp3) is 0.526. The molecule has 2 aliphatic heterocycles. The molecule has 0 radical (unpaired) electrons. The third-order valence-corrected chi connectivity index (χ3v) is 5.15. The highest BCUT2D eigenvalue weighted by Gasteiger charge is 2.54. The largest absolute Gasteiger partial charge is 0.377 e. The van der Waals surface area contributed by atoms with Gasteiger partial charge in [-0.1, -0.05) is 36.2 Å². The van der Waals surface area contributed by atoms with E-state index in [1.165, 1.54) is 19.5 Å². The molecule has 1 fully saturated rings. The van der Waals surface area contributed by atoms with Gasteiger partial charge in [0.15, 0.2) is 0 Å². The Morgan fingerprint density at radius 3 is 2.71 bits per heavy atom. The molecule has 0 bridgehead atoms. The molecular formula is C19H25BrFN3O4. The van der Waals surface area contributed by atoms with Gasteiger partial charge in [0.1, 0.15) is 17.5 Å². The summed E-state index contributed by atoms with van der Waals surface area (Å²) in [4.78, 5) is 38.1. The Labute approximate surface area is 172 Å². The lowest BCUT2D eigenvalue weighted by Crippen LogP contribution is -2.65. The number of rotatable bonds is 2. The van der Waals surface area contributed by atoms with Gasteiger partial charge in [-0.05, 0) is 24.1 Å². The van der Waals surface area contributed by atoms with Crippen molar-refractivity contribution >= 4 is 39.8 Å². The monoisotopic (exact) mass is 457 g/mol. The summed E-state index contributed by atoms with van der Waals surface area (Å²) >= 11 is 3.24. The Kier molecular flexibility index (Phi) is 7.54. The number of imide groups is 1. The van der Waals surface area contributed by atoms with Gasteiger partial charge in [0.25, 0.3) is 0 Å². The standard InChI is InChI=1S/C16H17BrFN3O4.C3H8/c1-19-15(24)20-14(23)16(8-22)6-9-4-10(17)5-11(18)13(9)21-2-3-25-7-12(16)21;1-3-2/h4-5,8,12H,2-3,6-7H2,1H3,(H2,19,20,23,24);3H2,1-2H3/t12?,16-;/m0./s1. The van der Waals surface area contributed by atoms with Crippen LogP contribution in [0.1, 0.15) is 25.8 Å². The Hall–Kier alpha value is -2.00. The number of hydrogen-bond donors (Lipinski definition) is 2. The number of urea groups is 1. The first kappa shape index (κ1) is 22.3. The van der Waals surface area contributed by atoms with Crippen LogP contribution in [-0.2, 0) is 20.7 Å². The molecule has 9 heteroatoms. The van der Waals surface area contributed by atoms with Gasteiger partial charge in [0.05, 0.1) is 24.9 Å². The first-order chi connectivity index (χ1) is 13.3. The molecule has 28 heavy (non-hydrogen) atoms. The minimum atomic E-state index is -1.55. The van der Waals surface area contributed by atoms with Gasteiger partial charge in [-0.25, -0.2) is 9.18 Å². The van der Waals surface area contributed by atoms with E-state index in [0.717, 1.165) is 0 Å². The molecule has 1 unspecified atom stereocenters. The van der Waals surface area contributed by atoms with E-state index in [1.54, 1.807) is 11.0 Å². The fourth-order valence-electron chi connectivity index (χ4n) is 3.49. The summed E-state index contributed by atoms with van der Waals surface area (Å²) in [6.07, 6.45) is 1.77. The summed E-state index contributed by atoms with van der Waals surface area (Å²) in [5.74, 6) is -1.16. The summed E-state index contributed by atoms with van der Waals surface area (Å²) in [5, 5.41) is 4.46. The van der Waals surface area contributed by atoms with Gasteiger partial charge in [0, 0.05) is 18.1 Å². The molecule has 0 spiro atoms. The molecule has 2 N–H and O–H groups in total.